The first-order chi connectivity index (χ1) is 36.8. The number of hydrogen-bond donors (Lipinski definition) is 8. The Bertz CT molecular complexity index is 3300. The molecule has 1 aromatic heterocycles. The lowest BCUT2D eigenvalue weighted by atomic mass is 9.78. The number of anilines is 2. The van der Waals surface area contributed by atoms with Crippen molar-refractivity contribution < 1.29 is 73.2 Å². The Kier molecular flexibility index (Phi) is 16.3. The number of fused-ring (bicyclic) bond motifs is 15. The number of methoxy groups -OCH3 is 1. The summed E-state index contributed by atoms with van der Waals surface area (Å²) in [5.74, 6) is -11.7. The fraction of sp³-hybridized carbons (Fsp3) is 0.464. The van der Waals surface area contributed by atoms with Crippen molar-refractivity contribution in [3.8, 4) is 23.0 Å². The van der Waals surface area contributed by atoms with Gasteiger partial charge in [-0.2, -0.15) is 5.10 Å². The number of benzene rings is 3. The number of aliphatic hydroxyl groups is 2. The highest BCUT2D eigenvalue weighted by molar-refractivity contribution is 6.38. The second-order valence-corrected chi connectivity index (χ2v) is 21.4. The molecule has 8 N–H and O–H groups in total. The fourth-order valence-corrected chi connectivity index (χ4v) is 11.3. The summed E-state index contributed by atoms with van der Waals surface area (Å²) in [5.41, 5.74) is 1.02. The van der Waals surface area contributed by atoms with Gasteiger partial charge in [-0.05, 0) is 51.2 Å². The topological polar surface area (TPSA) is 288 Å². The number of ketones is 1. The summed E-state index contributed by atoms with van der Waals surface area (Å²) in [5, 5.41) is 75.0. The smallest absolute Gasteiger partial charge is 0.341 e. The molecule has 4 aliphatic heterocycles. The van der Waals surface area contributed by atoms with Gasteiger partial charge in [0.15, 0.2) is 5.75 Å². The normalized spacial score (nSPS) is 28.6. The highest BCUT2D eigenvalue weighted by atomic mass is 35.5. The number of nitrogens with zero attached hydrogens (tertiary/aromatic N) is 3. The highest BCUT2D eigenvalue weighted by Crippen LogP contribution is 2.55. The van der Waals surface area contributed by atoms with Crippen LogP contribution >= 0.6 is 11.6 Å². The van der Waals surface area contributed by atoms with E-state index < -0.39 is 123 Å². The summed E-state index contributed by atoms with van der Waals surface area (Å²) in [6.45, 7) is 13.0. The van der Waals surface area contributed by atoms with E-state index in [4.69, 9.17) is 30.5 Å². The Hall–Kier alpha value is -7.20. The van der Waals surface area contributed by atoms with E-state index in [0.717, 1.165) is 31.4 Å². The number of pyridine rings is 1. The molecule has 9 rings (SSSR count). The predicted molar refractivity (Wildman–Crippen MR) is 288 cm³/mol. The number of phenols is 3. The third kappa shape index (κ3) is 10.5. The molecule has 418 valence electrons. The number of nitrogens with one attached hydrogen (secondary N) is 2. The van der Waals surface area contributed by atoms with Crippen molar-refractivity contribution in [2.45, 2.75) is 111 Å². The second kappa shape index (κ2) is 22.3. The van der Waals surface area contributed by atoms with Crippen molar-refractivity contribution in [2.75, 3.05) is 37.0 Å². The number of hydrogen-bond acceptors (Lipinski definition) is 17. The third-order valence-corrected chi connectivity index (χ3v) is 16.0. The number of ether oxygens (including phenoxy) is 4. The van der Waals surface area contributed by atoms with Crippen molar-refractivity contribution in [1.82, 2.24) is 9.99 Å². The molecule has 78 heavy (non-hydrogen) atoms. The van der Waals surface area contributed by atoms with Crippen molar-refractivity contribution in [1.29, 1.82) is 0 Å². The molecule has 4 aromatic rings. The lowest BCUT2D eigenvalue weighted by Crippen LogP contribution is -2.46. The van der Waals surface area contributed by atoms with Crippen LogP contribution in [0, 0.1) is 42.3 Å². The molecule has 5 heterocycles. The number of Topliss-reactive ketones (excluding diaryl/α,β-unsaturated/α-hetero) is 1. The van der Waals surface area contributed by atoms with Crippen LogP contribution in [0.2, 0.25) is 5.02 Å². The van der Waals surface area contributed by atoms with Crippen LogP contribution in [0.5, 0.6) is 23.0 Å². The zero-order valence-electron chi connectivity index (χ0n) is 44.6. The summed E-state index contributed by atoms with van der Waals surface area (Å²) >= 11 is 6.91. The number of aromatic hydroxyl groups is 3. The Balaban J connectivity index is 1.15. The van der Waals surface area contributed by atoms with Gasteiger partial charge in [-0.15, -0.1) is 0 Å². The number of halogens is 2. The van der Waals surface area contributed by atoms with E-state index in [1.807, 2.05) is 0 Å². The Labute approximate surface area is 453 Å². The fourth-order valence-electron chi connectivity index (χ4n) is 10.9. The van der Waals surface area contributed by atoms with Crippen LogP contribution in [0.25, 0.3) is 21.7 Å². The molecular weight excluding hydrogens is 1040 g/mol. The van der Waals surface area contributed by atoms with Crippen molar-refractivity contribution >= 4 is 74.5 Å². The molecule has 0 spiro atoms. The molecular formula is C56H65ClFN5O15. The van der Waals surface area contributed by atoms with Crippen LogP contribution in [0.4, 0.5) is 15.8 Å². The number of amides is 1. The molecule has 10 atom stereocenters. The number of carbonyl (C=O) groups is 4. The SMILES string of the molecule is CO[C@H]1/C=C/O[C@@]2(C)Oc3c(C)c(O)c4c(O)c(c(/C=N/NCC5CCN(c6c(F)cc7c(=O)c(C(=O)O)cn(C8CC8)c7c6Cl)C5)c(O)c4c3C2=O)NC(=O)/C(C)=C\C=C\[C@H](C)[C@H](O)[C@@H](C)[C@@H](O)[C@@H](C)[C@H](OC(C)=O)[C@@H]1C. The van der Waals surface area contributed by atoms with Crippen molar-refractivity contribution in [3.05, 3.63) is 91.7 Å². The van der Waals surface area contributed by atoms with Crippen LogP contribution in [-0.2, 0) is 23.8 Å². The number of esters is 1. The minimum Gasteiger partial charge on any atom is -0.507 e. The van der Waals surface area contributed by atoms with Gasteiger partial charge in [0.05, 0.1) is 74.6 Å². The number of rotatable bonds is 9. The van der Waals surface area contributed by atoms with Gasteiger partial charge in [-0.1, -0.05) is 57.5 Å². The lowest BCUT2D eigenvalue weighted by molar-refractivity contribution is -0.160. The largest absolute Gasteiger partial charge is 0.507 e. The molecule has 0 radical (unpaired) electrons. The van der Waals surface area contributed by atoms with E-state index in [1.54, 1.807) is 43.2 Å². The minimum absolute atomic E-state index is 0.0188. The number of aromatic nitrogens is 1. The van der Waals surface area contributed by atoms with E-state index in [0.29, 0.717) is 13.0 Å². The zero-order valence-corrected chi connectivity index (χ0v) is 45.3. The van der Waals surface area contributed by atoms with Gasteiger partial charge >= 0.3 is 17.7 Å². The first kappa shape index (κ1) is 57.0. The summed E-state index contributed by atoms with van der Waals surface area (Å²) in [6, 6.07) is 0.932. The quantitative estimate of drug-likeness (QED) is 0.0267. The molecule has 1 aliphatic carbocycles. The van der Waals surface area contributed by atoms with Gasteiger partial charge in [0, 0.05) is 93.0 Å². The van der Waals surface area contributed by atoms with Crippen molar-refractivity contribution in [3.63, 3.8) is 0 Å². The first-order valence-corrected chi connectivity index (χ1v) is 26.1. The minimum atomic E-state index is -2.14. The maximum atomic E-state index is 16.0. The number of carbonyl (C=O) groups excluding carboxylic acids is 3. The predicted octanol–water partition coefficient (Wildman–Crippen LogP) is 7.34. The van der Waals surface area contributed by atoms with Gasteiger partial charge in [0.2, 0.25) is 5.43 Å². The molecule has 1 saturated heterocycles. The van der Waals surface area contributed by atoms with Crippen LogP contribution in [0.3, 0.4) is 0 Å². The van der Waals surface area contributed by atoms with E-state index in [2.05, 4.69) is 15.8 Å². The summed E-state index contributed by atoms with van der Waals surface area (Å²) in [6.07, 6.45) is 7.47. The zero-order chi connectivity index (χ0) is 57.0. The van der Waals surface area contributed by atoms with Crippen LogP contribution in [0.15, 0.2) is 58.3 Å². The van der Waals surface area contributed by atoms with Crippen molar-refractivity contribution in [2.24, 2.45) is 34.7 Å². The molecule has 5 aliphatic rings. The molecule has 2 fully saturated rings. The Morgan fingerprint density at radius 2 is 1.71 bits per heavy atom. The molecule has 1 unspecified atom stereocenters. The number of aromatic carboxylic acids is 1. The molecule has 5 bridgehead atoms. The standard InChI is InChI=1S/C56H65ClFN5O15/c1-24-11-10-12-25(2)54(72)61-42-34(21-60-59-20-31-15-17-62(22-31)44-36(58)19-33-43(41(44)57)63(32-13-14-32)23-35(48(33)68)55(73)74)49(69)38-39(50(42)70)47(67)29(6)52-40(38)53(71)56(8,78-52)76-18-16-37(75-9)26(3)51(77-30(7)64)28(5)46(66)27(4)45(24)65/h10-12,16,18-19,21,23-24,26-28,31-32,37,45-46,51,59,65-67,69-70H,13-15,17,20,22H2,1-9H3,(H,61,72)(H,73,74)/b11-10+,18-16+,25-12-,60-21+/t24-,26+,27+,28+,31?,37-,45-,46+,51+,56-/m0/s1. The summed E-state index contributed by atoms with van der Waals surface area (Å²) in [7, 11) is 1.41. The van der Waals surface area contributed by atoms with E-state index >= 15 is 4.39 Å². The van der Waals surface area contributed by atoms with Crippen LogP contribution in [0.1, 0.15) is 106 Å². The monoisotopic (exact) mass is 1100 g/mol. The molecule has 1 amide bonds. The van der Waals surface area contributed by atoms with E-state index in [9.17, 15) is 54.6 Å². The average Bonchev–Trinajstić information content (AvgIpc) is 4.24. The van der Waals surface area contributed by atoms with Gasteiger partial charge in [0.25, 0.3) is 11.7 Å². The van der Waals surface area contributed by atoms with Gasteiger partial charge in [0.1, 0.15) is 34.7 Å². The van der Waals surface area contributed by atoms with Gasteiger partial charge < -0.3 is 69.8 Å². The number of phenolic OH excluding ortho intramolecular Hbond substituents is 3. The Morgan fingerprint density at radius 1 is 1.00 bits per heavy atom. The maximum Gasteiger partial charge on any atom is 0.341 e. The summed E-state index contributed by atoms with van der Waals surface area (Å²) < 4.78 is 41.3. The van der Waals surface area contributed by atoms with E-state index in [-0.39, 0.29) is 80.1 Å². The third-order valence-electron chi connectivity index (χ3n) is 15.7. The van der Waals surface area contributed by atoms with Gasteiger partial charge in [-0.25, -0.2) is 9.18 Å². The maximum absolute atomic E-state index is 16.0. The van der Waals surface area contributed by atoms with Crippen LogP contribution in [-0.4, -0.2) is 122 Å². The number of carboxylic acids is 1. The lowest BCUT2D eigenvalue weighted by Gasteiger charge is -2.38. The second-order valence-electron chi connectivity index (χ2n) is 21.1. The highest BCUT2D eigenvalue weighted by Gasteiger charge is 2.50. The number of hydrazone groups is 1. The molecule has 3 aromatic carbocycles. The molecule has 1 saturated carbocycles. The number of carboxylic acid groups (broad SMARTS) is 1. The molecule has 22 heteroatoms. The Morgan fingerprint density at radius 3 is 2.36 bits per heavy atom. The van der Waals surface area contributed by atoms with E-state index in [1.165, 1.54) is 59.2 Å². The van der Waals surface area contributed by atoms with Crippen LogP contribution < -0.4 is 25.8 Å². The van der Waals surface area contributed by atoms with Gasteiger partial charge in [-0.3, -0.25) is 19.2 Å². The summed E-state index contributed by atoms with van der Waals surface area (Å²) in [4.78, 5) is 67.9. The molecule has 20 nitrogen and oxygen atoms in total. The first-order valence-electron chi connectivity index (χ1n) is 25.7. The average molecular weight is 1100 g/mol. The number of allylic oxidation sites excluding steroid dienone is 2. The number of aliphatic hydroxyl groups excluding tert-OH is 2.